The van der Waals surface area contributed by atoms with Gasteiger partial charge in [-0.25, -0.2) is 4.98 Å². The van der Waals surface area contributed by atoms with E-state index in [-0.39, 0.29) is 30.2 Å². The van der Waals surface area contributed by atoms with Crippen LogP contribution in [0.1, 0.15) is 5.56 Å². The van der Waals surface area contributed by atoms with Crippen molar-refractivity contribution >= 4 is 27.6 Å². The largest absolute Gasteiger partial charge is 0.508 e. The molecule has 0 bridgehead atoms. The Bertz CT molecular complexity index is 1250. The highest BCUT2D eigenvalue weighted by Gasteiger charge is 2.29. The van der Waals surface area contributed by atoms with Gasteiger partial charge < -0.3 is 24.8 Å². The van der Waals surface area contributed by atoms with Crippen molar-refractivity contribution < 1.29 is 28.1 Å². The van der Waals surface area contributed by atoms with Gasteiger partial charge in [-0.05, 0) is 42.8 Å². The summed E-state index contributed by atoms with van der Waals surface area (Å²) < 4.78 is 45.2. The molecule has 4 rings (SSSR count). The number of para-hydroxylation sites is 1. The SMILES string of the molecule is Cc1cc(O)ccc1-n1ccc2c(NCCO)nc3c(OCC(F)(F)F)cccc3c21. The van der Waals surface area contributed by atoms with Gasteiger partial charge >= 0.3 is 6.18 Å². The third-order valence-corrected chi connectivity index (χ3v) is 4.85. The number of anilines is 1. The fraction of sp³-hybridized carbons (Fsp3) is 0.227. The number of aryl methyl sites for hydroxylation is 1. The number of ether oxygens (including phenoxy) is 1. The Morgan fingerprint density at radius 2 is 1.94 bits per heavy atom. The summed E-state index contributed by atoms with van der Waals surface area (Å²) in [7, 11) is 0. The fourth-order valence-corrected chi connectivity index (χ4v) is 3.59. The summed E-state index contributed by atoms with van der Waals surface area (Å²) in [5, 5.41) is 23.4. The maximum atomic E-state index is 12.7. The molecule has 0 spiro atoms. The molecule has 0 fully saturated rings. The minimum absolute atomic E-state index is 0.0129. The third-order valence-electron chi connectivity index (χ3n) is 4.85. The number of nitrogens with zero attached hydrogens (tertiary/aromatic N) is 2. The van der Waals surface area contributed by atoms with E-state index in [0.29, 0.717) is 11.2 Å². The number of pyridine rings is 1. The molecule has 4 aromatic rings. The van der Waals surface area contributed by atoms with Gasteiger partial charge in [0.1, 0.15) is 22.8 Å². The number of phenols is 1. The maximum Gasteiger partial charge on any atom is 0.422 e. The third kappa shape index (κ3) is 4.09. The number of fused-ring (bicyclic) bond motifs is 3. The monoisotopic (exact) mass is 431 g/mol. The van der Waals surface area contributed by atoms with Crippen molar-refractivity contribution in [3.05, 3.63) is 54.2 Å². The zero-order chi connectivity index (χ0) is 22.2. The number of hydrogen-bond acceptors (Lipinski definition) is 5. The van der Waals surface area contributed by atoms with Crippen molar-refractivity contribution in [3.8, 4) is 17.2 Å². The van der Waals surface area contributed by atoms with Crippen LogP contribution in [-0.2, 0) is 0 Å². The van der Waals surface area contributed by atoms with Gasteiger partial charge in [-0.2, -0.15) is 13.2 Å². The van der Waals surface area contributed by atoms with E-state index >= 15 is 0 Å². The first-order valence-electron chi connectivity index (χ1n) is 9.56. The Balaban J connectivity index is 1.98. The van der Waals surface area contributed by atoms with E-state index in [0.717, 1.165) is 22.2 Å². The van der Waals surface area contributed by atoms with Crippen LogP contribution in [0, 0.1) is 6.92 Å². The minimum Gasteiger partial charge on any atom is -0.508 e. The summed E-state index contributed by atoms with van der Waals surface area (Å²) in [4.78, 5) is 4.52. The highest BCUT2D eigenvalue weighted by molar-refractivity contribution is 6.10. The van der Waals surface area contributed by atoms with Crippen LogP contribution in [0.15, 0.2) is 48.7 Å². The molecule has 0 amide bonds. The number of benzene rings is 2. The van der Waals surface area contributed by atoms with Crippen LogP contribution in [0.3, 0.4) is 0 Å². The average molecular weight is 431 g/mol. The second-order valence-corrected chi connectivity index (χ2v) is 7.09. The van der Waals surface area contributed by atoms with E-state index in [1.807, 2.05) is 23.8 Å². The topological polar surface area (TPSA) is 79.5 Å². The first-order chi connectivity index (χ1) is 14.8. The van der Waals surface area contributed by atoms with E-state index < -0.39 is 12.8 Å². The normalized spacial score (nSPS) is 11.9. The number of rotatable bonds is 6. The van der Waals surface area contributed by atoms with Gasteiger partial charge in [0, 0.05) is 29.2 Å². The molecule has 0 unspecified atom stereocenters. The second kappa shape index (κ2) is 7.99. The Kier molecular flexibility index (Phi) is 5.36. The smallest absolute Gasteiger partial charge is 0.422 e. The van der Waals surface area contributed by atoms with E-state index in [1.165, 1.54) is 6.07 Å². The number of phenolic OH excluding ortho intramolecular Hbond substituents is 1. The van der Waals surface area contributed by atoms with Gasteiger partial charge in [0.25, 0.3) is 0 Å². The van der Waals surface area contributed by atoms with E-state index in [1.54, 1.807) is 30.3 Å². The molecule has 6 nitrogen and oxygen atoms in total. The van der Waals surface area contributed by atoms with Gasteiger partial charge in [0.15, 0.2) is 6.61 Å². The summed E-state index contributed by atoms with van der Waals surface area (Å²) in [6.07, 6.45) is -2.65. The summed E-state index contributed by atoms with van der Waals surface area (Å²) in [5.41, 5.74) is 2.61. The molecule has 0 atom stereocenters. The lowest BCUT2D eigenvalue weighted by molar-refractivity contribution is -0.153. The Labute approximate surface area is 175 Å². The summed E-state index contributed by atoms with van der Waals surface area (Å²) >= 11 is 0. The standard InChI is InChI=1S/C22H20F3N3O3/c1-13-11-14(30)5-6-17(13)28-9-7-16-20(28)15-3-2-4-18(31-12-22(23,24)25)19(15)27-21(16)26-8-10-29/h2-7,9,11,29-30H,8,10,12H2,1H3,(H,26,27). The molecular formula is C22H20F3N3O3. The lowest BCUT2D eigenvalue weighted by Gasteiger charge is -2.16. The highest BCUT2D eigenvalue weighted by Crippen LogP contribution is 2.37. The zero-order valence-electron chi connectivity index (χ0n) is 16.6. The van der Waals surface area contributed by atoms with Crippen LogP contribution in [0.4, 0.5) is 19.0 Å². The van der Waals surface area contributed by atoms with Crippen molar-refractivity contribution in [3.63, 3.8) is 0 Å². The lowest BCUT2D eigenvalue weighted by Crippen LogP contribution is -2.19. The number of alkyl halides is 3. The number of aromatic hydroxyl groups is 1. The Morgan fingerprint density at radius 3 is 2.65 bits per heavy atom. The highest BCUT2D eigenvalue weighted by atomic mass is 19.4. The van der Waals surface area contributed by atoms with Crippen molar-refractivity contribution in [2.45, 2.75) is 13.1 Å². The number of aliphatic hydroxyl groups excluding tert-OH is 1. The van der Waals surface area contributed by atoms with E-state index in [2.05, 4.69) is 10.3 Å². The van der Waals surface area contributed by atoms with Gasteiger partial charge in [-0.3, -0.25) is 0 Å². The molecule has 9 heteroatoms. The van der Waals surface area contributed by atoms with Gasteiger partial charge in [0.2, 0.25) is 0 Å². The Morgan fingerprint density at radius 1 is 1.13 bits per heavy atom. The molecular weight excluding hydrogens is 411 g/mol. The van der Waals surface area contributed by atoms with Crippen molar-refractivity contribution in [2.75, 3.05) is 25.1 Å². The quantitative estimate of drug-likeness (QED) is 0.418. The first kappa shape index (κ1) is 20.8. The summed E-state index contributed by atoms with van der Waals surface area (Å²) in [5.74, 6) is 0.575. The maximum absolute atomic E-state index is 12.7. The number of aliphatic hydroxyl groups is 1. The van der Waals surface area contributed by atoms with Gasteiger partial charge in [-0.1, -0.05) is 12.1 Å². The van der Waals surface area contributed by atoms with Crippen molar-refractivity contribution in [1.82, 2.24) is 9.55 Å². The van der Waals surface area contributed by atoms with Crippen molar-refractivity contribution in [1.29, 1.82) is 0 Å². The van der Waals surface area contributed by atoms with Crippen LogP contribution in [0.5, 0.6) is 11.5 Å². The number of nitrogens with one attached hydrogen (secondary N) is 1. The molecule has 0 aliphatic rings. The average Bonchev–Trinajstić information content (AvgIpc) is 3.15. The molecule has 2 aromatic carbocycles. The molecule has 31 heavy (non-hydrogen) atoms. The van der Waals surface area contributed by atoms with Crippen LogP contribution in [0.2, 0.25) is 0 Å². The number of aromatic nitrogens is 2. The van der Waals surface area contributed by atoms with Crippen LogP contribution in [-0.4, -0.2) is 45.7 Å². The van der Waals surface area contributed by atoms with Crippen LogP contribution in [0.25, 0.3) is 27.5 Å². The molecule has 0 aliphatic heterocycles. The predicted molar refractivity (Wildman–Crippen MR) is 112 cm³/mol. The number of halogens is 3. The van der Waals surface area contributed by atoms with Crippen LogP contribution >= 0.6 is 0 Å². The molecule has 162 valence electrons. The van der Waals surface area contributed by atoms with Crippen molar-refractivity contribution in [2.24, 2.45) is 0 Å². The van der Waals surface area contributed by atoms with Gasteiger partial charge in [-0.15, -0.1) is 0 Å². The van der Waals surface area contributed by atoms with E-state index in [4.69, 9.17) is 4.74 Å². The summed E-state index contributed by atoms with van der Waals surface area (Å²) in [6, 6.07) is 11.7. The minimum atomic E-state index is -4.48. The lowest BCUT2D eigenvalue weighted by atomic mass is 10.1. The Hall–Kier alpha value is -3.46. The zero-order valence-corrected chi connectivity index (χ0v) is 16.6. The molecule has 0 saturated heterocycles. The van der Waals surface area contributed by atoms with Crippen LogP contribution < -0.4 is 10.1 Å². The molecule has 2 aromatic heterocycles. The first-order valence-corrected chi connectivity index (χ1v) is 9.56. The molecule has 0 aliphatic carbocycles. The van der Waals surface area contributed by atoms with Gasteiger partial charge in [0.05, 0.1) is 12.1 Å². The molecule has 0 saturated carbocycles. The summed E-state index contributed by atoms with van der Waals surface area (Å²) in [6.45, 7) is 0.518. The predicted octanol–water partition coefficient (Wildman–Crippen LogP) is 4.54. The second-order valence-electron chi connectivity index (χ2n) is 7.09. The molecule has 2 heterocycles. The molecule has 3 N–H and O–H groups in total. The fourth-order valence-electron chi connectivity index (χ4n) is 3.59. The number of hydrogen-bond donors (Lipinski definition) is 3. The molecule has 0 radical (unpaired) electrons. The van der Waals surface area contributed by atoms with E-state index in [9.17, 15) is 23.4 Å².